The van der Waals surface area contributed by atoms with Gasteiger partial charge >= 0.3 is 12.0 Å². The molecule has 2 aromatic rings. The number of anilines is 1. The van der Waals surface area contributed by atoms with Crippen LogP contribution in [-0.2, 0) is 4.79 Å². The molecule has 0 saturated heterocycles. The van der Waals surface area contributed by atoms with Gasteiger partial charge in [0.05, 0.1) is 5.69 Å². The lowest BCUT2D eigenvalue weighted by Crippen LogP contribution is -2.42. The fraction of sp³-hybridized carbons (Fsp3) is 0.214. The van der Waals surface area contributed by atoms with Crippen LogP contribution >= 0.6 is 0 Å². The van der Waals surface area contributed by atoms with Gasteiger partial charge in [-0.3, -0.25) is 4.98 Å². The molecule has 0 aliphatic rings. The zero-order chi connectivity index (χ0) is 14.5. The van der Waals surface area contributed by atoms with Crippen molar-refractivity contribution in [2.45, 2.75) is 19.4 Å². The van der Waals surface area contributed by atoms with Crippen LogP contribution < -0.4 is 10.6 Å². The number of carbonyl (C=O) groups is 2. The number of rotatable bonds is 4. The van der Waals surface area contributed by atoms with Crippen molar-refractivity contribution in [2.75, 3.05) is 5.32 Å². The van der Waals surface area contributed by atoms with Crippen LogP contribution in [0.15, 0.2) is 36.7 Å². The quantitative estimate of drug-likeness (QED) is 0.796. The molecule has 2 rings (SSSR count). The Labute approximate surface area is 115 Å². The number of pyridine rings is 1. The molecule has 0 saturated carbocycles. The highest BCUT2D eigenvalue weighted by atomic mass is 16.4. The first-order valence-electron chi connectivity index (χ1n) is 6.25. The number of nitrogens with zero attached hydrogens (tertiary/aromatic N) is 1. The SMILES string of the molecule is CCC(NC(=O)Nc1cccc2cnccc12)C(=O)O. The molecule has 2 amide bonds. The van der Waals surface area contributed by atoms with Gasteiger partial charge in [0, 0.05) is 23.2 Å². The van der Waals surface area contributed by atoms with Gasteiger partial charge in [0.2, 0.25) is 0 Å². The molecule has 1 aromatic carbocycles. The fourth-order valence-electron chi connectivity index (χ4n) is 1.89. The zero-order valence-corrected chi connectivity index (χ0v) is 11.0. The lowest BCUT2D eigenvalue weighted by atomic mass is 10.1. The number of hydrogen-bond acceptors (Lipinski definition) is 3. The van der Waals surface area contributed by atoms with Crippen molar-refractivity contribution < 1.29 is 14.7 Å². The Morgan fingerprint density at radius 2 is 2.15 bits per heavy atom. The molecule has 1 unspecified atom stereocenters. The standard InChI is InChI=1S/C14H15N3O3/c1-2-11(13(18)19)16-14(20)17-12-5-3-4-9-8-15-7-6-10(9)12/h3-8,11H,2H2,1H3,(H,18,19)(H2,16,17,20). The minimum atomic E-state index is -1.05. The predicted octanol–water partition coefficient (Wildman–Crippen LogP) is 2.22. The van der Waals surface area contributed by atoms with E-state index in [1.807, 2.05) is 6.07 Å². The number of benzene rings is 1. The molecule has 104 valence electrons. The summed E-state index contributed by atoms with van der Waals surface area (Å²) in [6, 6.07) is 5.80. The summed E-state index contributed by atoms with van der Waals surface area (Å²) in [6.07, 6.45) is 3.66. The van der Waals surface area contributed by atoms with E-state index in [0.29, 0.717) is 12.1 Å². The smallest absolute Gasteiger partial charge is 0.326 e. The van der Waals surface area contributed by atoms with Crippen LogP contribution in [0.5, 0.6) is 0 Å². The summed E-state index contributed by atoms with van der Waals surface area (Å²) in [5.41, 5.74) is 0.614. The van der Waals surface area contributed by atoms with E-state index in [-0.39, 0.29) is 0 Å². The lowest BCUT2D eigenvalue weighted by molar-refractivity contribution is -0.139. The van der Waals surface area contributed by atoms with Crippen LogP contribution in [0.4, 0.5) is 10.5 Å². The Hall–Kier alpha value is -2.63. The number of nitrogens with one attached hydrogen (secondary N) is 2. The average Bonchev–Trinajstić information content (AvgIpc) is 2.45. The highest BCUT2D eigenvalue weighted by Gasteiger charge is 2.17. The van der Waals surface area contributed by atoms with Gasteiger partial charge in [-0.2, -0.15) is 0 Å². The molecule has 1 heterocycles. The fourth-order valence-corrected chi connectivity index (χ4v) is 1.89. The summed E-state index contributed by atoms with van der Waals surface area (Å²) >= 11 is 0. The molecule has 0 spiro atoms. The van der Waals surface area contributed by atoms with Crippen molar-refractivity contribution in [3.8, 4) is 0 Å². The van der Waals surface area contributed by atoms with Gasteiger partial charge in [-0.1, -0.05) is 19.1 Å². The molecule has 6 nitrogen and oxygen atoms in total. The zero-order valence-electron chi connectivity index (χ0n) is 11.0. The molecule has 0 bridgehead atoms. The molecule has 3 N–H and O–H groups in total. The van der Waals surface area contributed by atoms with Gasteiger partial charge < -0.3 is 15.7 Å². The number of carboxylic acids is 1. The van der Waals surface area contributed by atoms with E-state index < -0.39 is 18.0 Å². The normalized spacial score (nSPS) is 11.8. The summed E-state index contributed by atoms with van der Waals surface area (Å²) in [6.45, 7) is 1.70. The van der Waals surface area contributed by atoms with Crippen molar-refractivity contribution in [1.29, 1.82) is 0 Å². The predicted molar refractivity (Wildman–Crippen MR) is 75.6 cm³/mol. The van der Waals surface area contributed by atoms with Crippen molar-refractivity contribution in [3.05, 3.63) is 36.7 Å². The lowest BCUT2D eigenvalue weighted by Gasteiger charge is -2.14. The maximum absolute atomic E-state index is 11.8. The van der Waals surface area contributed by atoms with Crippen LogP contribution in [0.2, 0.25) is 0 Å². The highest BCUT2D eigenvalue weighted by molar-refractivity contribution is 6.01. The Morgan fingerprint density at radius 1 is 1.35 bits per heavy atom. The van der Waals surface area contributed by atoms with E-state index in [1.165, 1.54) is 0 Å². The van der Waals surface area contributed by atoms with Crippen molar-refractivity contribution in [1.82, 2.24) is 10.3 Å². The van der Waals surface area contributed by atoms with Gasteiger partial charge in [0.25, 0.3) is 0 Å². The average molecular weight is 273 g/mol. The van der Waals surface area contributed by atoms with Gasteiger partial charge in [-0.25, -0.2) is 9.59 Å². The molecule has 0 aliphatic heterocycles. The second-order valence-electron chi connectivity index (χ2n) is 4.30. The summed E-state index contributed by atoms with van der Waals surface area (Å²) < 4.78 is 0. The number of aliphatic carboxylic acids is 1. The molecule has 0 aliphatic carbocycles. The number of aromatic nitrogens is 1. The number of carbonyl (C=O) groups excluding carboxylic acids is 1. The van der Waals surface area contributed by atoms with Gasteiger partial charge in [-0.15, -0.1) is 0 Å². The van der Waals surface area contributed by atoms with Crippen molar-refractivity contribution in [3.63, 3.8) is 0 Å². The summed E-state index contributed by atoms with van der Waals surface area (Å²) in [5.74, 6) is -1.05. The van der Waals surface area contributed by atoms with Gasteiger partial charge in [-0.05, 0) is 18.6 Å². The Bertz CT molecular complexity index is 637. The van der Waals surface area contributed by atoms with Crippen LogP contribution in [0.1, 0.15) is 13.3 Å². The first kappa shape index (κ1) is 13.8. The van der Waals surface area contributed by atoms with E-state index >= 15 is 0 Å². The molecule has 1 aromatic heterocycles. The van der Waals surface area contributed by atoms with Crippen molar-refractivity contribution in [2.24, 2.45) is 0 Å². The van der Waals surface area contributed by atoms with Crippen LogP contribution in [0, 0.1) is 0 Å². The Morgan fingerprint density at radius 3 is 2.85 bits per heavy atom. The van der Waals surface area contributed by atoms with Crippen LogP contribution in [0.3, 0.4) is 0 Å². The Balaban J connectivity index is 2.16. The van der Waals surface area contributed by atoms with E-state index in [2.05, 4.69) is 15.6 Å². The van der Waals surface area contributed by atoms with E-state index in [1.54, 1.807) is 37.5 Å². The van der Waals surface area contributed by atoms with Crippen molar-refractivity contribution >= 4 is 28.5 Å². The molecule has 0 radical (unpaired) electrons. The van der Waals surface area contributed by atoms with Gasteiger partial charge in [0.15, 0.2) is 0 Å². The highest BCUT2D eigenvalue weighted by Crippen LogP contribution is 2.21. The number of urea groups is 1. The maximum atomic E-state index is 11.8. The molecule has 1 atom stereocenters. The summed E-state index contributed by atoms with van der Waals surface area (Å²) in [7, 11) is 0. The minimum Gasteiger partial charge on any atom is -0.480 e. The number of carboxylic acid groups (broad SMARTS) is 1. The first-order chi connectivity index (χ1) is 9.61. The van der Waals surface area contributed by atoms with Crippen LogP contribution in [0.25, 0.3) is 10.8 Å². The van der Waals surface area contributed by atoms with E-state index in [0.717, 1.165) is 10.8 Å². The molecule has 0 fully saturated rings. The van der Waals surface area contributed by atoms with E-state index in [9.17, 15) is 9.59 Å². The molecule has 6 heteroatoms. The molecular weight excluding hydrogens is 258 g/mol. The minimum absolute atomic E-state index is 0.322. The van der Waals surface area contributed by atoms with Crippen LogP contribution in [-0.4, -0.2) is 28.1 Å². The summed E-state index contributed by atoms with van der Waals surface area (Å²) in [5, 5.41) is 15.7. The monoisotopic (exact) mass is 273 g/mol. The second kappa shape index (κ2) is 6.01. The maximum Gasteiger partial charge on any atom is 0.326 e. The largest absolute Gasteiger partial charge is 0.480 e. The molecular formula is C14H15N3O3. The van der Waals surface area contributed by atoms with E-state index in [4.69, 9.17) is 5.11 Å². The third-order valence-corrected chi connectivity index (χ3v) is 2.94. The number of amides is 2. The third kappa shape index (κ3) is 3.03. The van der Waals surface area contributed by atoms with Gasteiger partial charge in [0.1, 0.15) is 6.04 Å². The molecule has 20 heavy (non-hydrogen) atoms. The summed E-state index contributed by atoms with van der Waals surface area (Å²) in [4.78, 5) is 26.7. The Kier molecular flexibility index (Phi) is 4.14. The second-order valence-corrected chi connectivity index (χ2v) is 4.30. The first-order valence-corrected chi connectivity index (χ1v) is 6.25. The number of hydrogen-bond donors (Lipinski definition) is 3. The topological polar surface area (TPSA) is 91.3 Å². The third-order valence-electron chi connectivity index (χ3n) is 2.94. The number of fused-ring (bicyclic) bond motifs is 1.